The molecule has 0 amide bonds. The maximum atomic E-state index is 14.2. The molecule has 0 aliphatic rings. The summed E-state index contributed by atoms with van der Waals surface area (Å²) in [5.74, 6) is 0.411. The van der Waals surface area contributed by atoms with E-state index in [1.807, 2.05) is 42.6 Å². The molecule has 0 radical (unpaired) electrons. The summed E-state index contributed by atoms with van der Waals surface area (Å²) in [6.45, 7) is 0.615. The fourth-order valence-corrected chi connectivity index (χ4v) is 8.27. The first kappa shape index (κ1) is 58.0. The molecular formula is C48H26BF24NO2. The second-order valence-corrected chi connectivity index (χ2v) is 16.7. The summed E-state index contributed by atoms with van der Waals surface area (Å²) in [6, 6.07) is 7.99. The van der Waals surface area contributed by atoms with Crippen LogP contribution in [0.4, 0.5) is 105 Å². The molecular weight excluding hydrogens is 1090 g/mol. The molecule has 0 spiro atoms. The zero-order valence-corrected chi connectivity index (χ0v) is 36.9. The van der Waals surface area contributed by atoms with E-state index >= 15 is 0 Å². The van der Waals surface area contributed by atoms with Crippen molar-refractivity contribution in [2.45, 2.75) is 56.0 Å². The van der Waals surface area contributed by atoms with Gasteiger partial charge in [0.05, 0.1) is 49.9 Å². The summed E-state index contributed by atoms with van der Waals surface area (Å²) < 4.78 is 343. The second-order valence-electron chi connectivity index (χ2n) is 16.7. The Bertz CT molecular complexity index is 2820. The van der Waals surface area contributed by atoms with Crippen molar-refractivity contribution in [3.63, 3.8) is 0 Å². The number of rotatable bonds is 6. The van der Waals surface area contributed by atoms with Crippen LogP contribution in [0, 0.1) is 0 Å². The molecule has 406 valence electrons. The average Bonchev–Trinajstić information content (AvgIpc) is 3.28. The van der Waals surface area contributed by atoms with Crippen molar-refractivity contribution in [2.75, 3.05) is 0 Å². The van der Waals surface area contributed by atoms with Crippen LogP contribution in [0.2, 0.25) is 0 Å². The molecule has 76 heavy (non-hydrogen) atoms. The van der Waals surface area contributed by atoms with Gasteiger partial charge in [0.15, 0.2) is 12.7 Å². The molecule has 0 bridgehead atoms. The lowest BCUT2D eigenvalue weighted by atomic mass is 9.12. The quantitative estimate of drug-likeness (QED) is 0.0990. The standard InChI is InChI=1S/C32H12BF24.C16H13NO2/c34-25(35,36)13-1-14(26(37,38)39)6-21(5-13)33(22-7-15(27(40,41)42)2-16(8-22)28(43,44)45,23-9-17(29(46,47)48)3-18(10-23)30(49,50)51)24-11-19(31(52,53)54)4-20(12-24)32(55,56)57;18-14-6-7-15-13(10-14)8-9-17(16(15)19)11-12-4-2-1-3-5-12/h1-12H;1-10H,11H2,(H,18,19)/q-1;/p+1. The number of hydrogen-bond acceptors (Lipinski definition) is 2. The van der Waals surface area contributed by atoms with Gasteiger partial charge in [0, 0.05) is 17.0 Å². The number of benzene rings is 6. The Labute approximate surface area is 409 Å². The van der Waals surface area contributed by atoms with Crippen molar-refractivity contribution in [3.8, 4) is 11.6 Å². The molecule has 0 saturated heterocycles. The Hall–Kier alpha value is -7.29. The SMILES string of the molecule is FC(F)(F)c1cc([B-](c2cc(C(F)(F)F)cc(C(F)(F)F)c2)(c2cc(C(F)(F)F)cc(C(F)(F)F)c2)c2cc(C(F)(F)F)cc(C(F)(F)F)c2)cc(C(F)(F)F)c1.Oc1ccc2c(O)[n+](Cc3ccccc3)ccc2c1. The number of phenols is 1. The zero-order valence-electron chi connectivity index (χ0n) is 36.9. The van der Waals surface area contributed by atoms with Gasteiger partial charge in [-0.25, -0.2) is 0 Å². The fourth-order valence-electron chi connectivity index (χ4n) is 8.27. The molecule has 0 aliphatic carbocycles. The lowest BCUT2D eigenvalue weighted by molar-refractivity contribution is -0.692. The minimum atomic E-state index is -6.13. The van der Waals surface area contributed by atoms with Gasteiger partial charge in [-0.15, -0.1) is 0 Å². The number of halogens is 24. The van der Waals surface area contributed by atoms with E-state index in [1.54, 1.807) is 22.8 Å². The van der Waals surface area contributed by atoms with Gasteiger partial charge in [0.25, 0.3) is 0 Å². The first-order chi connectivity index (χ1) is 34.5. The number of fused-ring (bicyclic) bond motifs is 1. The van der Waals surface area contributed by atoms with Crippen LogP contribution in [-0.2, 0) is 56.0 Å². The van der Waals surface area contributed by atoms with Crippen LogP contribution in [0.3, 0.4) is 0 Å². The Morgan fingerprint density at radius 3 is 0.868 bits per heavy atom. The zero-order chi connectivity index (χ0) is 57.2. The molecule has 0 aliphatic heterocycles. The number of hydrogen-bond donors (Lipinski definition) is 2. The average molecular weight is 1120 g/mol. The topological polar surface area (TPSA) is 44.3 Å². The molecule has 0 saturated carbocycles. The summed E-state index contributed by atoms with van der Waals surface area (Å²) in [5, 5.41) is 21.3. The number of pyridine rings is 1. The predicted octanol–water partition coefficient (Wildman–Crippen LogP) is 13.8. The van der Waals surface area contributed by atoms with E-state index in [0.717, 1.165) is 16.3 Å². The van der Waals surface area contributed by atoms with Crippen LogP contribution in [0.15, 0.2) is 134 Å². The lowest BCUT2D eigenvalue weighted by Gasteiger charge is -2.46. The Balaban J connectivity index is 0.000000408. The van der Waals surface area contributed by atoms with Crippen molar-refractivity contribution in [3.05, 3.63) is 184 Å². The Morgan fingerprint density at radius 1 is 0.329 bits per heavy atom. The third-order valence-corrected chi connectivity index (χ3v) is 11.6. The summed E-state index contributed by atoms with van der Waals surface area (Å²) in [7, 11) is 0. The highest BCUT2D eigenvalue weighted by Gasteiger charge is 2.47. The maximum Gasteiger partial charge on any atom is 0.416 e. The highest BCUT2D eigenvalue weighted by atomic mass is 19.4. The van der Waals surface area contributed by atoms with Crippen molar-refractivity contribution < 1.29 is 120 Å². The van der Waals surface area contributed by atoms with Crippen molar-refractivity contribution in [1.82, 2.24) is 0 Å². The van der Waals surface area contributed by atoms with Crippen molar-refractivity contribution in [2.24, 2.45) is 0 Å². The van der Waals surface area contributed by atoms with Gasteiger partial charge in [-0.05, 0) is 42.5 Å². The largest absolute Gasteiger partial charge is 0.508 e. The van der Waals surface area contributed by atoms with Crippen LogP contribution >= 0.6 is 0 Å². The van der Waals surface area contributed by atoms with E-state index in [1.165, 1.54) is 0 Å². The van der Waals surface area contributed by atoms with Crippen LogP contribution in [0.5, 0.6) is 11.6 Å². The second kappa shape index (κ2) is 19.7. The molecule has 2 N–H and O–H groups in total. The van der Waals surface area contributed by atoms with Gasteiger partial charge < -0.3 is 10.2 Å². The monoisotopic (exact) mass is 1120 g/mol. The molecule has 1 aromatic heterocycles. The van der Waals surface area contributed by atoms with Gasteiger partial charge in [-0.3, -0.25) is 0 Å². The molecule has 3 nitrogen and oxygen atoms in total. The normalized spacial score (nSPS) is 13.4. The van der Waals surface area contributed by atoms with E-state index in [2.05, 4.69) is 0 Å². The van der Waals surface area contributed by atoms with Crippen LogP contribution in [0.1, 0.15) is 50.1 Å². The van der Waals surface area contributed by atoms with Gasteiger partial charge in [-0.2, -0.15) is 132 Å². The van der Waals surface area contributed by atoms with Crippen molar-refractivity contribution >= 4 is 38.8 Å². The number of phenolic OH excluding ortho intramolecular Hbond substituents is 1. The van der Waals surface area contributed by atoms with E-state index in [9.17, 15) is 116 Å². The van der Waals surface area contributed by atoms with Gasteiger partial charge in [0.1, 0.15) is 11.9 Å². The smallest absolute Gasteiger partial charge is 0.416 e. The number of alkyl halides is 24. The minimum absolute atomic E-state index is 0.202. The first-order valence-corrected chi connectivity index (χ1v) is 20.7. The number of aromatic nitrogens is 1. The van der Waals surface area contributed by atoms with Gasteiger partial charge >= 0.3 is 55.3 Å². The molecule has 0 fully saturated rings. The Morgan fingerprint density at radius 2 is 0.605 bits per heavy atom. The van der Waals surface area contributed by atoms with Crippen molar-refractivity contribution in [1.29, 1.82) is 0 Å². The van der Waals surface area contributed by atoms with Gasteiger partial charge in [-0.1, -0.05) is 78.9 Å². The third kappa shape index (κ3) is 12.7. The van der Waals surface area contributed by atoms with E-state index in [-0.39, 0.29) is 11.6 Å². The first-order valence-electron chi connectivity index (χ1n) is 20.7. The fraction of sp³-hybridized carbons (Fsp3) is 0.188. The third-order valence-electron chi connectivity index (χ3n) is 11.6. The number of nitrogens with zero attached hydrogens (tertiary/aromatic N) is 1. The summed E-state index contributed by atoms with van der Waals surface area (Å²) in [4.78, 5) is 0. The molecule has 0 unspecified atom stereocenters. The molecule has 7 aromatic rings. The van der Waals surface area contributed by atoms with Crippen LogP contribution < -0.4 is 26.4 Å². The van der Waals surface area contributed by atoms with E-state index < -0.39 is 195 Å². The molecule has 6 aromatic carbocycles. The summed E-state index contributed by atoms with van der Waals surface area (Å²) in [5.41, 5.74) is -29.1. The van der Waals surface area contributed by atoms with E-state index in [0.29, 0.717) is 6.54 Å². The summed E-state index contributed by atoms with van der Waals surface area (Å²) in [6.07, 6.45) is -53.0. The molecule has 1 heterocycles. The molecule has 0 atom stereocenters. The lowest BCUT2D eigenvalue weighted by Crippen LogP contribution is -2.75. The van der Waals surface area contributed by atoms with Crippen LogP contribution in [0.25, 0.3) is 10.8 Å². The maximum absolute atomic E-state index is 14.2. The highest BCUT2D eigenvalue weighted by molar-refractivity contribution is 7.20. The van der Waals surface area contributed by atoms with E-state index in [4.69, 9.17) is 0 Å². The summed E-state index contributed by atoms with van der Waals surface area (Å²) >= 11 is 0. The predicted molar refractivity (Wildman–Crippen MR) is 223 cm³/mol. The van der Waals surface area contributed by atoms with Crippen LogP contribution in [-0.4, -0.2) is 16.4 Å². The molecule has 28 heteroatoms. The number of aromatic hydroxyl groups is 2. The highest BCUT2D eigenvalue weighted by Crippen LogP contribution is 2.41. The Kier molecular flexibility index (Phi) is 15.0. The molecule has 7 rings (SSSR count). The van der Waals surface area contributed by atoms with Gasteiger partial charge in [0.2, 0.25) is 0 Å². The minimum Gasteiger partial charge on any atom is -0.508 e.